The third kappa shape index (κ3) is 1.26. The molecule has 2 rings (SSSR count). The predicted octanol–water partition coefficient (Wildman–Crippen LogP) is -1.12. The van der Waals surface area contributed by atoms with Crippen molar-refractivity contribution in [2.45, 2.75) is 6.23 Å². The lowest BCUT2D eigenvalue weighted by molar-refractivity contribution is -0.151. The van der Waals surface area contributed by atoms with Crippen LogP contribution < -0.4 is 10.6 Å². The lowest BCUT2D eigenvalue weighted by Crippen LogP contribution is -2.59. The van der Waals surface area contributed by atoms with Gasteiger partial charge in [0.25, 0.3) is 0 Å². The van der Waals surface area contributed by atoms with Gasteiger partial charge in [-0.1, -0.05) is 6.08 Å². The van der Waals surface area contributed by atoms with E-state index >= 15 is 0 Å². The number of ether oxygens (including phenoxy) is 1. The average Bonchev–Trinajstić information content (AvgIpc) is 2.02. The average molecular weight is 182 g/mol. The van der Waals surface area contributed by atoms with Crippen molar-refractivity contribution in [3.63, 3.8) is 0 Å². The molecular formula is C7H6N2O4. The predicted molar refractivity (Wildman–Crippen MR) is 39.2 cm³/mol. The van der Waals surface area contributed by atoms with Crippen LogP contribution in [0.15, 0.2) is 12.2 Å². The molecule has 1 saturated heterocycles. The summed E-state index contributed by atoms with van der Waals surface area (Å²) in [6.45, 7) is 0. The third-order valence-corrected chi connectivity index (χ3v) is 1.82. The molecule has 6 heteroatoms. The van der Waals surface area contributed by atoms with Crippen LogP contribution in [0.2, 0.25) is 0 Å². The molecule has 2 aliphatic rings. The van der Waals surface area contributed by atoms with E-state index in [1.807, 2.05) is 0 Å². The molecule has 0 aromatic heterocycles. The Morgan fingerprint density at radius 1 is 1.31 bits per heavy atom. The van der Waals surface area contributed by atoms with E-state index in [0.29, 0.717) is 0 Å². The molecule has 0 aromatic rings. The van der Waals surface area contributed by atoms with E-state index in [-0.39, 0.29) is 0 Å². The normalized spacial score (nSPS) is 31.5. The number of esters is 1. The molecule has 2 heterocycles. The Labute approximate surface area is 72.9 Å². The fourth-order valence-corrected chi connectivity index (χ4v) is 1.23. The number of hydrogen-bond donors (Lipinski definition) is 2. The summed E-state index contributed by atoms with van der Waals surface area (Å²) in [6.07, 6.45) is 1.71. The molecule has 3 amide bonds. The van der Waals surface area contributed by atoms with Gasteiger partial charge in [0.05, 0.1) is 0 Å². The monoisotopic (exact) mass is 182 g/mol. The van der Waals surface area contributed by atoms with Crippen LogP contribution in [0, 0.1) is 5.92 Å². The maximum absolute atomic E-state index is 11.1. The third-order valence-electron chi connectivity index (χ3n) is 1.82. The molecule has 1 fully saturated rings. The molecule has 6 nitrogen and oxygen atoms in total. The first-order valence-corrected chi connectivity index (χ1v) is 3.67. The SMILES string of the molecule is O=C1NC(=O)C2C=CC(=O)OC2N1. The molecule has 2 atom stereocenters. The Morgan fingerprint density at radius 3 is 2.85 bits per heavy atom. The van der Waals surface area contributed by atoms with Gasteiger partial charge in [-0.25, -0.2) is 9.59 Å². The molecule has 0 spiro atoms. The van der Waals surface area contributed by atoms with Crippen molar-refractivity contribution in [2.75, 3.05) is 0 Å². The van der Waals surface area contributed by atoms with Crippen LogP contribution >= 0.6 is 0 Å². The van der Waals surface area contributed by atoms with Gasteiger partial charge in [0.1, 0.15) is 5.92 Å². The van der Waals surface area contributed by atoms with E-state index in [2.05, 4.69) is 10.6 Å². The number of carbonyl (C=O) groups is 3. The van der Waals surface area contributed by atoms with Crippen molar-refractivity contribution in [3.05, 3.63) is 12.2 Å². The number of hydrogen-bond acceptors (Lipinski definition) is 4. The van der Waals surface area contributed by atoms with Crippen LogP contribution in [0.4, 0.5) is 4.79 Å². The zero-order valence-electron chi connectivity index (χ0n) is 6.44. The van der Waals surface area contributed by atoms with Crippen LogP contribution in [0.25, 0.3) is 0 Å². The summed E-state index contributed by atoms with van der Waals surface area (Å²) in [5.41, 5.74) is 0. The first kappa shape index (κ1) is 7.78. The molecular weight excluding hydrogens is 176 g/mol. The van der Waals surface area contributed by atoms with Crippen molar-refractivity contribution >= 4 is 17.9 Å². The molecule has 0 aliphatic carbocycles. The Kier molecular flexibility index (Phi) is 1.54. The molecule has 0 saturated carbocycles. The summed E-state index contributed by atoms with van der Waals surface area (Å²) in [5.74, 6) is -1.64. The number of amides is 3. The maximum Gasteiger partial charge on any atom is 0.332 e. The first-order chi connectivity index (χ1) is 6.16. The van der Waals surface area contributed by atoms with Crippen molar-refractivity contribution in [3.8, 4) is 0 Å². The minimum atomic E-state index is -0.862. The topological polar surface area (TPSA) is 84.5 Å². The van der Waals surface area contributed by atoms with Crippen LogP contribution in [-0.2, 0) is 14.3 Å². The van der Waals surface area contributed by atoms with Crippen LogP contribution in [-0.4, -0.2) is 24.1 Å². The summed E-state index contributed by atoms with van der Waals surface area (Å²) >= 11 is 0. The first-order valence-electron chi connectivity index (χ1n) is 3.67. The number of fused-ring (bicyclic) bond motifs is 1. The van der Waals surface area contributed by atoms with Gasteiger partial charge in [-0.2, -0.15) is 0 Å². The fraction of sp³-hybridized carbons (Fsp3) is 0.286. The van der Waals surface area contributed by atoms with E-state index in [1.165, 1.54) is 6.08 Å². The number of imide groups is 1. The van der Waals surface area contributed by atoms with Gasteiger partial charge in [-0.05, 0) is 0 Å². The van der Waals surface area contributed by atoms with Gasteiger partial charge in [0.15, 0.2) is 6.23 Å². The summed E-state index contributed by atoms with van der Waals surface area (Å²) in [5, 5.41) is 4.38. The van der Waals surface area contributed by atoms with Gasteiger partial charge >= 0.3 is 12.0 Å². The Morgan fingerprint density at radius 2 is 2.08 bits per heavy atom. The Bertz CT molecular complexity index is 322. The van der Waals surface area contributed by atoms with Gasteiger partial charge in [-0.3, -0.25) is 10.1 Å². The van der Waals surface area contributed by atoms with Gasteiger partial charge in [-0.15, -0.1) is 0 Å². The zero-order chi connectivity index (χ0) is 9.42. The highest BCUT2D eigenvalue weighted by atomic mass is 16.6. The smallest absolute Gasteiger partial charge is 0.332 e. The summed E-state index contributed by atoms with van der Waals surface area (Å²) in [4.78, 5) is 32.6. The fourth-order valence-electron chi connectivity index (χ4n) is 1.23. The second-order valence-electron chi connectivity index (χ2n) is 2.71. The summed E-state index contributed by atoms with van der Waals surface area (Å²) in [7, 11) is 0. The molecule has 0 aromatic carbocycles. The largest absolute Gasteiger partial charge is 0.437 e. The minimum Gasteiger partial charge on any atom is -0.437 e. The van der Waals surface area contributed by atoms with Crippen molar-refractivity contribution < 1.29 is 19.1 Å². The highest BCUT2D eigenvalue weighted by molar-refractivity contribution is 6.00. The molecule has 0 radical (unpaired) electrons. The standard InChI is InChI=1S/C7H6N2O4/c10-4-2-1-3-5(11)8-7(12)9-6(3)13-4/h1-3,6H,(H2,8,9,11,12). The van der Waals surface area contributed by atoms with E-state index in [4.69, 9.17) is 4.74 Å². The van der Waals surface area contributed by atoms with Crippen molar-refractivity contribution in [1.29, 1.82) is 0 Å². The van der Waals surface area contributed by atoms with Crippen molar-refractivity contribution in [2.24, 2.45) is 5.92 Å². The van der Waals surface area contributed by atoms with Crippen LogP contribution in [0.1, 0.15) is 0 Å². The number of rotatable bonds is 0. The Balaban J connectivity index is 2.25. The van der Waals surface area contributed by atoms with Gasteiger partial charge in [0.2, 0.25) is 5.91 Å². The van der Waals surface area contributed by atoms with Gasteiger partial charge in [0, 0.05) is 6.08 Å². The zero-order valence-corrected chi connectivity index (χ0v) is 6.44. The molecule has 0 bridgehead atoms. The number of nitrogens with one attached hydrogen (secondary N) is 2. The Hall–Kier alpha value is -1.85. The van der Waals surface area contributed by atoms with Crippen LogP contribution in [0.5, 0.6) is 0 Å². The second-order valence-corrected chi connectivity index (χ2v) is 2.71. The summed E-state index contributed by atoms with van der Waals surface area (Å²) in [6, 6.07) is -0.644. The van der Waals surface area contributed by atoms with Crippen LogP contribution in [0.3, 0.4) is 0 Å². The number of carbonyl (C=O) groups excluding carboxylic acids is 3. The van der Waals surface area contributed by atoms with E-state index in [9.17, 15) is 14.4 Å². The summed E-state index contributed by atoms with van der Waals surface area (Å²) < 4.78 is 4.71. The molecule has 13 heavy (non-hydrogen) atoms. The minimum absolute atomic E-state index is 0.461. The van der Waals surface area contributed by atoms with E-state index in [0.717, 1.165) is 6.08 Å². The highest BCUT2D eigenvalue weighted by Gasteiger charge is 2.38. The number of urea groups is 1. The lowest BCUT2D eigenvalue weighted by Gasteiger charge is -2.30. The van der Waals surface area contributed by atoms with Crippen molar-refractivity contribution in [1.82, 2.24) is 10.6 Å². The molecule has 68 valence electrons. The molecule has 2 N–H and O–H groups in total. The molecule has 2 unspecified atom stereocenters. The molecule has 2 aliphatic heterocycles. The highest BCUT2D eigenvalue weighted by Crippen LogP contribution is 2.16. The lowest BCUT2D eigenvalue weighted by atomic mass is 10.0. The quantitative estimate of drug-likeness (QED) is 0.465. The van der Waals surface area contributed by atoms with E-state index < -0.39 is 30.1 Å². The van der Waals surface area contributed by atoms with E-state index in [1.54, 1.807) is 0 Å². The van der Waals surface area contributed by atoms with Gasteiger partial charge < -0.3 is 10.1 Å². The maximum atomic E-state index is 11.1. The second kappa shape index (κ2) is 2.58.